The standard InChI is InChI=1S/C14H13ClFNO.2C2H6/c15-13-7-11(8-17)3-6-14(13)18-9-10-1-4-12(16)5-2-10;2*1-2/h1-7H,8-9,17H2;2*1-2H3. The third-order valence-corrected chi connectivity index (χ3v) is 2.83. The summed E-state index contributed by atoms with van der Waals surface area (Å²) >= 11 is 6.06. The van der Waals surface area contributed by atoms with Gasteiger partial charge >= 0.3 is 0 Å². The first-order chi connectivity index (χ1) is 10.7. The summed E-state index contributed by atoms with van der Waals surface area (Å²) in [5.74, 6) is 0.335. The lowest BCUT2D eigenvalue weighted by Gasteiger charge is -2.09. The fraction of sp³-hybridized carbons (Fsp3) is 0.333. The molecule has 122 valence electrons. The van der Waals surface area contributed by atoms with Crippen LogP contribution in [0.4, 0.5) is 4.39 Å². The molecule has 0 aliphatic carbocycles. The minimum atomic E-state index is -0.260. The van der Waals surface area contributed by atoms with E-state index in [0.717, 1.165) is 11.1 Å². The van der Waals surface area contributed by atoms with Gasteiger partial charge in [0.15, 0.2) is 0 Å². The Balaban J connectivity index is 0.00000102. The zero-order chi connectivity index (χ0) is 17.0. The number of ether oxygens (including phenoxy) is 1. The van der Waals surface area contributed by atoms with E-state index in [2.05, 4.69) is 0 Å². The second-order valence-corrected chi connectivity index (χ2v) is 4.29. The van der Waals surface area contributed by atoms with Gasteiger partial charge in [-0.15, -0.1) is 0 Å². The van der Waals surface area contributed by atoms with Crippen molar-refractivity contribution in [3.8, 4) is 5.75 Å². The van der Waals surface area contributed by atoms with Crippen LogP contribution in [-0.2, 0) is 13.2 Å². The quantitative estimate of drug-likeness (QED) is 0.797. The van der Waals surface area contributed by atoms with Crippen LogP contribution in [0.15, 0.2) is 42.5 Å². The molecular formula is C18H25ClFNO. The number of hydrogen-bond donors (Lipinski definition) is 1. The van der Waals surface area contributed by atoms with Crippen LogP contribution in [0.1, 0.15) is 38.8 Å². The summed E-state index contributed by atoms with van der Waals surface area (Å²) in [4.78, 5) is 0. The van der Waals surface area contributed by atoms with Gasteiger partial charge in [-0.2, -0.15) is 0 Å². The topological polar surface area (TPSA) is 35.2 Å². The Labute approximate surface area is 138 Å². The molecule has 0 saturated carbocycles. The molecule has 0 amide bonds. The number of rotatable bonds is 4. The van der Waals surface area contributed by atoms with Crippen LogP contribution in [0.25, 0.3) is 0 Å². The van der Waals surface area contributed by atoms with E-state index in [9.17, 15) is 4.39 Å². The van der Waals surface area contributed by atoms with Gasteiger partial charge in [-0.3, -0.25) is 0 Å². The van der Waals surface area contributed by atoms with Crippen molar-refractivity contribution in [2.24, 2.45) is 5.73 Å². The first-order valence-corrected chi connectivity index (χ1v) is 7.92. The van der Waals surface area contributed by atoms with E-state index in [4.69, 9.17) is 22.1 Å². The van der Waals surface area contributed by atoms with Gasteiger partial charge < -0.3 is 10.5 Å². The minimum absolute atomic E-state index is 0.260. The second kappa shape index (κ2) is 12.0. The van der Waals surface area contributed by atoms with Crippen LogP contribution in [0.3, 0.4) is 0 Å². The van der Waals surface area contributed by atoms with E-state index in [-0.39, 0.29) is 5.82 Å². The maximum atomic E-state index is 12.7. The first-order valence-electron chi connectivity index (χ1n) is 7.55. The fourth-order valence-electron chi connectivity index (χ4n) is 1.53. The molecule has 0 atom stereocenters. The lowest BCUT2D eigenvalue weighted by molar-refractivity contribution is 0.306. The Hall–Kier alpha value is -1.58. The van der Waals surface area contributed by atoms with Crippen molar-refractivity contribution in [1.29, 1.82) is 0 Å². The third-order valence-electron chi connectivity index (χ3n) is 2.54. The number of benzene rings is 2. The summed E-state index contributed by atoms with van der Waals surface area (Å²) in [6, 6.07) is 11.6. The minimum Gasteiger partial charge on any atom is -0.487 e. The molecule has 0 spiro atoms. The van der Waals surface area contributed by atoms with Crippen LogP contribution in [0.2, 0.25) is 5.02 Å². The molecule has 0 radical (unpaired) electrons. The molecule has 2 nitrogen and oxygen atoms in total. The van der Waals surface area contributed by atoms with Crippen molar-refractivity contribution < 1.29 is 9.13 Å². The van der Waals surface area contributed by atoms with Crippen molar-refractivity contribution in [1.82, 2.24) is 0 Å². The maximum absolute atomic E-state index is 12.7. The van der Waals surface area contributed by atoms with Crippen LogP contribution in [-0.4, -0.2) is 0 Å². The highest BCUT2D eigenvalue weighted by atomic mass is 35.5. The molecule has 0 aromatic heterocycles. The number of halogens is 2. The molecule has 0 unspecified atom stereocenters. The SMILES string of the molecule is CC.CC.NCc1ccc(OCc2ccc(F)cc2)c(Cl)c1. The summed E-state index contributed by atoms with van der Waals surface area (Å²) in [5, 5.41) is 0.528. The smallest absolute Gasteiger partial charge is 0.138 e. The maximum Gasteiger partial charge on any atom is 0.138 e. The van der Waals surface area contributed by atoms with Crippen LogP contribution < -0.4 is 10.5 Å². The second-order valence-electron chi connectivity index (χ2n) is 3.88. The number of nitrogens with two attached hydrogens (primary N) is 1. The zero-order valence-electron chi connectivity index (χ0n) is 13.7. The van der Waals surface area contributed by atoms with Gasteiger partial charge in [0, 0.05) is 6.54 Å². The highest BCUT2D eigenvalue weighted by Crippen LogP contribution is 2.26. The van der Waals surface area contributed by atoms with Gasteiger partial charge in [0.2, 0.25) is 0 Å². The van der Waals surface area contributed by atoms with Crippen LogP contribution >= 0.6 is 11.6 Å². The molecule has 0 aliphatic heterocycles. The Bertz CT molecular complexity index is 529. The van der Waals surface area contributed by atoms with Crippen molar-refractivity contribution >= 4 is 11.6 Å². The molecule has 0 aliphatic rings. The molecule has 0 saturated heterocycles. The highest BCUT2D eigenvalue weighted by molar-refractivity contribution is 6.32. The van der Waals surface area contributed by atoms with Gasteiger partial charge in [0.1, 0.15) is 18.2 Å². The average molecular weight is 326 g/mol. The lowest BCUT2D eigenvalue weighted by Crippen LogP contribution is -1.99. The van der Waals surface area contributed by atoms with Crippen LogP contribution in [0, 0.1) is 5.82 Å². The van der Waals surface area contributed by atoms with Gasteiger partial charge in [-0.25, -0.2) is 4.39 Å². The fourth-order valence-corrected chi connectivity index (χ4v) is 1.79. The van der Waals surface area contributed by atoms with Gasteiger partial charge in [0.25, 0.3) is 0 Å². The van der Waals surface area contributed by atoms with E-state index in [1.165, 1.54) is 12.1 Å². The van der Waals surface area contributed by atoms with Crippen molar-refractivity contribution in [2.45, 2.75) is 40.8 Å². The normalized spacial score (nSPS) is 9.05. The third kappa shape index (κ3) is 6.92. The molecule has 2 aromatic rings. The van der Waals surface area contributed by atoms with Crippen molar-refractivity contribution in [3.63, 3.8) is 0 Å². The molecule has 0 heterocycles. The zero-order valence-corrected chi connectivity index (χ0v) is 14.5. The summed E-state index contributed by atoms with van der Waals surface area (Å²) in [6.07, 6.45) is 0. The van der Waals surface area contributed by atoms with E-state index in [1.807, 2.05) is 33.8 Å². The Morgan fingerprint density at radius 2 is 1.50 bits per heavy atom. The number of hydrogen-bond acceptors (Lipinski definition) is 2. The van der Waals surface area contributed by atoms with Crippen molar-refractivity contribution in [2.75, 3.05) is 0 Å². The Morgan fingerprint density at radius 3 is 2.00 bits per heavy atom. The summed E-state index contributed by atoms with van der Waals surface area (Å²) in [7, 11) is 0. The average Bonchev–Trinajstić information content (AvgIpc) is 2.59. The predicted octanol–water partition coefficient (Wildman–Crippen LogP) is 5.57. The highest BCUT2D eigenvalue weighted by Gasteiger charge is 2.03. The molecule has 2 rings (SSSR count). The van der Waals surface area contributed by atoms with E-state index in [1.54, 1.807) is 24.3 Å². The molecule has 22 heavy (non-hydrogen) atoms. The van der Waals surface area contributed by atoms with Gasteiger partial charge in [-0.05, 0) is 35.4 Å². The molecule has 2 N–H and O–H groups in total. The largest absolute Gasteiger partial charge is 0.487 e. The van der Waals surface area contributed by atoms with Crippen LogP contribution in [0.5, 0.6) is 5.75 Å². The lowest BCUT2D eigenvalue weighted by atomic mass is 10.2. The van der Waals surface area contributed by atoms with Gasteiger partial charge in [-0.1, -0.05) is 57.5 Å². The summed E-state index contributed by atoms with van der Waals surface area (Å²) < 4.78 is 18.3. The van der Waals surface area contributed by atoms with E-state index in [0.29, 0.717) is 23.9 Å². The Morgan fingerprint density at radius 1 is 0.955 bits per heavy atom. The van der Waals surface area contributed by atoms with Gasteiger partial charge in [0.05, 0.1) is 5.02 Å². The monoisotopic (exact) mass is 325 g/mol. The molecular weight excluding hydrogens is 301 g/mol. The first kappa shape index (κ1) is 20.4. The summed E-state index contributed by atoms with van der Waals surface area (Å²) in [6.45, 7) is 8.79. The van der Waals surface area contributed by atoms with E-state index < -0.39 is 0 Å². The molecule has 2 aromatic carbocycles. The summed E-state index contributed by atoms with van der Waals surface area (Å²) in [5.41, 5.74) is 7.35. The molecule has 0 bridgehead atoms. The van der Waals surface area contributed by atoms with E-state index >= 15 is 0 Å². The predicted molar refractivity (Wildman–Crippen MR) is 92.8 cm³/mol. The Kier molecular flexibility index (Phi) is 11.2. The molecule has 0 fully saturated rings. The van der Waals surface area contributed by atoms with Crippen molar-refractivity contribution in [3.05, 3.63) is 64.4 Å². The molecule has 4 heteroatoms.